The number of nitrogens with one attached hydrogen (secondary N) is 2. The van der Waals surface area contributed by atoms with Crippen LogP contribution in [0.1, 0.15) is 65.0 Å². The Hall–Kier alpha value is -4.28. The first-order valence-corrected chi connectivity index (χ1v) is 14.5. The predicted molar refractivity (Wildman–Crippen MR) is 154 cm³/mol. The van der Waals surface area contributed by atoms with Crippen molar-refractivity contribution in [3.63, 3.8) is 0 Å². The van der Waals surface area contributed by atoms with E-state index in [4.69, 9.17) is 0 Å². The Kier molecular flexibility index (Phi) is 8.56. The number of aryl methyl sites for hydroxylation is 2. The van der Waals surface area contributed by atoms with Crippen molar-refractivity contribution in [1.82, 2.24) is 30.0 Å². The summed E-state index contributed by atoms with van der Waals surface area (Å²) in [5, 5.41) is 10.3. The zero-order valence-electron chi connectivity index (χ0n) is 24.2. The lowest BCUT2D eigenvalue weighted by Crippen LogP contribution is -2.54. The number of hydrogen-bond donors (Lipinski definition) is 2. The molecule has 2 aliphatic heterocycles. The molecule has 1 fully saturated rings. The molecule has 222 valence electrons. The lowest BCUT2D eigenvalue weighted by Gasteiger charge is -2.32. The van der Waals surface area contributed by atoms with Gasteiger partial charge in [-0.25, -0.2) is 8.91 Å². The van der Waals surface area contributed by atoms with Gasteiger partial charge >= 0.3 is 0 Å². The van der Waals surface area contributed by atoms with Crippen molar-refractivity contribution in [2.75, 3.05) is 26.2 Å². The van der Waals surface area contributed by atoms with Gasteiger partial charge in [-0.15, -0.1) is 0 Å². The first-order chi connectivity index (χ1) is 20.1. The fraction of sp³-hybridized carbons (Fsp3) is 0.452. The number of pyridine rings is 1. The number of halogens is 1. The van der Waals surface area contributed by atoms with Crippen LogP contribution in [0.4, 0.5) is 4.39 Å². The SMILES string of the molecule is Cc1cccn2ncc(C(=O)N3CC(=O)NCCCc4ccc(F)c(c4)C(=O)N4CCC[C@H]4C(=O)N[C@H](C(C)C)C3)c12. The standard InChI is InChI=1S/C31H37FN6O4/c1-19(2)25-17-36(30(41)23-16-34-38-14-5-7-20(3)28(23)38)18-27(39)33-12-4-8-21-10-11-24(32)22(15-21)31(42)37-13-6-9-26(37)29(40)35-25/h5,7,10-11,14-16,19,25-26H,4,6,8-9,12-13,17-18H2,1-3H3,(H,33,39)(H,35,40)/t25-,26-/m0/s1. The van der Waals surface area contributed by atoms with Gasteiger partial charge in [0.05, 0.1) is 29.4 Å². The van der Waals surface area contributed by atoms with Gasteiger partial charge in [0.15, 0.2) is 0 Å². The zero-order valence-corrected chi connectivity index (χ0v) is 24.2. The molecule has 2 aliphatic rings. The summed E-state index contributed by atoms with van der Waals surface area (Å²) in [7, 11) is 0. The number of carbonyl (C=O) groups is 4. The van der Waals surface area contributed by atoms with E-state index in [-0.39, 0.29) is 42.3 Å². The van der Waals surface area contributed by atoms with Gasteiger partial charge in [-0.1, -0.05) is 26.0 Å². The maximum absolute atomic E-state index is 14.8. The van der Waals surface area contributed by atoms with E-state index in [1.807, 2.05) is 32.9 Å². The van der Waals surface area contributed by atoms with E-state index in [1.54, 1.807) is 22.8 Å². The van der Waals surface area contributed by atoms with Gasteiger partial charge in [-0.2, -0.15) is 5.10 Å². The first kappa shape index (κ1) is 29.2. The monoisotopic (exact) mass is 576 g/mol. The molecule has 10 nitrogen and oxygen atoms in total. The van der Waals surface area contributed by atoms with Crippen LogP contribution in [-0.4, -0.2) is 81.3 Å². The Balaban J connectivity index is 1.47. The molecular formula is C31H37FN6O4. The Morgan fingerprint density at radius 2 is 1.95 bits per heavy atom. The summed E-state index contributed by atoms with van der Waals surface area (Å²) in [6.45, 7) is 6.32. The van der Waals surface area contributed by atoms with E-state index in [2.05, 4.69) is 15.7 Å². The second kappa shape index (κ2) is 12.3. The normalized spacial score (nSPS) is 20.8. The average Bonchev–Trinajstić information content (AvgIpc) is 3.63. The van der Waals surface area contributed by atoms with Crippen molar-refractivity contribution >= 4 is 29.1 Å². The Morgan fingerprint density at radius 3 is 2.74 bits per heavy atom. The largest absolute Gasteiger partial charge is 0.355 e. The molecule has 3 aromatic rings. The Morgan fingerprint density at radius 1 is 1.14 bits per heavy atom. The summed E-state index contributed by atoms with van der Waals surface area (Å²) >= 11 is 0. The predicted octanol–water partition coefficient (Wildman–Crippen LogP) is 2.73. The number of aromatic nitrogens is 2. The van der Waals surface area contributed by atoms with Crippen LogP contribution in [0.3, 0.4) is 0 Å². The van der Waals surface area contributed by atoms with E-state index in [0.717, 1.165) is 11.1 Å². The molecule has 4 heterocycles. The van der Waals surface area contributed by atoms with Gasteiger partial charge in [0, 0.05) is 31.9 Å². The van der Waals surface area contributed by atoms with E-state index < -0.39 is 23.8 Å². The fourth-order valence-electron chi connectivity index (χ4n) is 5.78. The van der Waals surface area contributed by atoms with Crippen molar-refractivity contribution in [2.45, 2.75) is 58.5 Å². The van der Waals surface area contributed by atoms with Crippen LogP contribution in [0.2, 0.25) is 0 Å². The molecule has 2 bridgehead atoms. The Labute approximate surface area is 244 Å². The van der Waals surface area contributed by atoms with Crippen molar-refractivity contribution in [3.8, 4) is 0 Å². The van der Waals surface area contributed by atoms with Crippen LogP contribution >= 0.6 is 0 Å². The van der Waals surface area contributed by atoms with Crippen LogP contribution in [0.25, 0.3) is 5.52 Å². The molecule has 2 atom stereocenters. The van der Waals surface area contributed by atoms with E-state index >= 15 is 0 Å². The topological polar surface area (TPSA) is 116 Å². The maximum Gasteiger partial charge on any atom is 0.258 e. The van der Waals surface area contributed by atoms with Crippen LogP contribution in [0.15, 0.2) is 42.7 Å². The quantitative estimate of drug-likeness (QED) is 0.487. The van der Waals surface area contributed by atoms with Crippen LogP contribution in [0, 0.1) is 18.7 Å². The summed E-state index contributed by atoms with van der Waals surface area (Å²) < 4.78 is 16.4. The smallest absolute Gasteiger partial charge is 0.258 e. The van der Waals surface area contributed by atoms with E-state index in [0.29, 0.717) is 49.9 Å². The van der Waals surface area contributed by atoms with Crippen molar-refractivity contribution in [2.24, 2.45) is 5.92 Å². The number of carbonyl (C=O) groups excluding carboxylic acids is 4. The molecule has 0 radical (unpaired) electrons. The minimum atomic E-state index is -0.757. The molecule has 0 spiro atoms. The average molecular weight is 577 g/mol. The molecule has 42 heavy (non-hydrogen) atoms. The summed E-state index contributed by atoms with van der Waals surface area (Å²) in [6, 6.07) is 6.92. The molecule has 11 heteroatoms. The summed E-state index contributed by atoms with van der Waals surface area (Å²) in [6.07, 6.45) is 5.42. The highest BCUT2D eigenvalue weighted by Crippen LogP contribution is 2.24. The van der Waals surface area contributed by atoms with Gasteiger partial charge in [-0.3, -0.25) is 19.2 Å². The van der Waals surface area contributed by atoms with Gasteiger partial charge < -0.3 is 20.4 Å². The highest BCUT2D eigenvalue weighted by atomic mass is 19.1. The zero-order chi connectivity index (χ0) is 30.0. The molecule has 0 saturated carbocycles. The molecular weight excluding hydrogens is 539 g/mol. The Bertz CT molecular complexity index is 1520. The number of nitrogens with zero attached hydrogens (tertiary/aromatic N) is 4. The van der Waals surface area contributed by atoms with Gasteiger partial charge in [0.2, 0.25) is 11.8 Å². The third kappa shape index (κ3) is 6.00. The molecule has 2 N–H and O–H groups in total. The third-order valence-electron chi connectivity index (χ3n) is 8.19. The summed E-state index contributed by atoms with van der Waals surface area (Å²) in [4.78, 5) is 57.0. The maximum atomic E-state index is 14.8. The minimum Gasteiger partial charge on any atom is -0.355 e. The number of fused-ring (bicyclic) bond motifs is 4. The van der Waals surface area contributed by atoms with E-state index in [1.165, 1.54) is 22.1 Å². The van der Waals surface area contributed by atoms with Crippen molar-refractivity contribution < 1.29 is 23.6 Å². The second-order valence-corrected chi connectivity index (χ2v) is 11.5. The fourth-order valence-corrected chi connectivity index (χ4v) is 5.78. The lowest BCUT2D eigenvalue weighted by atomic mass is 10.0. The van der Waals surface area contributed by atoms with Gasteiger partial charge in [0.1, 0.15) is 11.9 Å². The molecule has 0 aliphatic carbocycles. The number of benzene rings is 1. The molecule has 0 unspecified atom stereocenters. The molecule has 2 aromatic heterocycles. The molecule has 4 amide bonds. The van der Waals surface area contributed by atoms with Crippen LogP contribution in [-0.2, 0) is 16.0 Å². The van der Waals surface area contributed by atoms with Gasteiger partial charge in [0.25, 0.3) is 11.8 Å². The van der Waals surface area contributed by atoms with Crippen LogP contribution in [0.5, 0.6) is 0 Å². The minimum absolute atomic E-state index is 0.0542. The molecule has 1 saturated heterocycles. The molecule has 1 aromatic carbocycles. The lowest BCUT2D eigenvalue weighted by molar-refractivity contribution is -0.126. The van der Waals surface area contributed by atoms with Gasteiger partial charge in [-0.05, 0) is 67.9 Å². The second-order valence-electron chi connectivity index (χ2n) is 11.5. The highest BCUT2D eigenvalue weighted by molar-refractivity contribution is 6.03. The van der Waals surface area contributed by atoms with E-state index in [9.17, 15) is 23.6 Å². The molecule has 5 rings (SSSR count). The third-order valence-corrected chi connectivity index (χ3v) is 8.19. The first-order valence-electron chi connectivity index (χ1n) is 14.5. The highest BCUT2D eigenvalue weighted by Gasteiger charge is 2.37. The summed E-state index contributed by atoms with van der Waals surface area (Å²) in [5.41, 5.74) is 2.60. The number of amides is 4. The summed E-state index contributed by atoms with van der Waals surface area (Å²) in [5.74, 6) is -2.28. The number of rotatable bonds is 2. The number of hydrogen-bond acceptors (Lipinski definition) is 5. The van der Waals surface area contributed by atoms with Crippen molar-refractivity contribution in [1.29, 1.82) is 0 Å². The van der Waals surface area contributed by atoms with Crippen LogP contribution < -0.4 is 10.6 Å². The van der Waals surface area contributed by atoms with Crippen molar-refractivity contribution in [3.05, 3.63) is 70.8 Å².